The summed E-state index contributed by atoms with van der Waals surface area (Å²) >= 11 is 11.8. The van der Waals surface area contributed by atoms with E-state index >= 15 is 0 Å². The maximum absolute atomic E-state index is 13.1. The first kappa shape index (κ1) is 23.3. The van der Waals surface area contributed by atoms with Crippen LogP contribution in [-0.4, -0.2) is 21.7 Å². The summed E-state index contributed by atoms with van der Waals surface area (Å²) in [6, 6.07) is 17.6. The zero-order valence-electron chi connectivity index (χ0n) is 17.6. The second-order valence-corrected chi connectivity index (χ2v) is 8.35. The van der Waals surface area contributed by atoms with Crippen LogP contribution in [0.3, 0.4) is 0 Å². The van der Waals surface area contributed by atoms with E-state index in [2.05, 4.69) is 15.6 Å². The fraction of sp³-hybridized carbons (Fsp3) is 0.0833. The number of nitro benzene ring substituents is 1. The number of rotatable bonds is 7. The summed E-state index contributed by atoms with van der Waals surface area (Å²) in [4.78, 5) is 39.4. The van der Waals surface area contributed by atoms with E-state index in [0.717, 1.165) is 0 Å². The molecular weight excluding hydrogens is 479 g/mol. The monoisotopic (exact) mass is 496 g/mol. The van der Waals surface area contributed by atoms with Gasteiger partial charge < -0.3 is 15.6 Å². The number of hydrogen-bond donors (Lipinski definition) is 3. The lowest BCUT2D eigenvalue weighted by molar-refractivity contribution is -0.384. The smallest absolute Gasteiger partial charge is 0.272 e. The van der Waals surface area contributed by atoms with Gasteiger partial charge >= 0.3 is 0 Å². The second-order valence-electron chi connectivity index (χ2n) is 7.48. The van der Waals surface area contributed by atoms with Crippen molar-refractivity contribution in [3.05, 3.63) is 98.1 Å². The van der Waals surface area contributed by atoms with E-state index in [1.807, 2.05) is 0 Å². The number of aromatic nitrogens is 1. The van der Waals surface area contributed by atoms with Crippen molar-refractivity contribution in [2.75, 3.05) is 10.6 Å². The third-order valence-electron chi connectivity index (χ3n) is 5.16. The van der Waals surface area contributed by atoms with E-state index in [1.54, 1.807) is 54.6 Å². The summed E-state index contributed by atoms with van der Waals surface area (Å²) in [5, 5.41) is 18.4. The van der Waals surface area contributed by atoms with E-state index in [0.29, 0.717) is 37.9 Å². The molecule has 0 fully saturated rings. The molecule has 0 atom stereocenters. The Morgan fingerprint density at radius 3 is 2.06 bits per heavy atom. The Morgan fingerprint density at radius 1 is 0.882 bits per heavy atom. The first-order valence-electron chi connectivity index (χ1n) is 10.2. The molecule has 4 aromatic rings. The van der Waals surface area contributed by atoms with Crippen molar-refractivity contribution < 1.29 is 14.5 Å². The highest BCUT2D eigenvalue weighted by Crippen LogP contribution is 2.29. The molecule has 34 heavy (non-hydrogen) atoms. The molecule has 1 aromatic heterocycles. The van der Waals surface area contributed by atoms with Gasteiger partial charge in [-0.25, -0.2) is 0 Å². The van der Waals surface area contributed by atoms with Crippen LogP contribution < -0.4 is 10.6 Å². The van der Waals surface area contributed by atoms with Gasteiger partial charge in [-0.1, -0.05) is 23.2 Å². The lowest BCUT2D eigenvalue weighted by Crippen LogP contribution is -2.16. The minimum absolute atomic E-state index is 0.0551. The molecule has 3 aromatic carbocycles. The average molecular weight is 497 g/mol. The third-order valence-corrected chi connectivity index (χ3v) is 5.66. The van der Waals surface area contributed by atoms with Crippen LogP contribution in [0, 0.1) is 10.1 Å². The maximum atomic E-state index is 13.1. The first-order valence-corrected chi connectivity index (χ1v) is 11.0. The molecule has 0 saturated heterocycles. The molecule has 1 heterocycles. The van der Waals surface area contributed by atoms with Crippen molar-refractivity contribution >= 4 is 63.0 Å². The number of aromatic amines is 1. The standard InChI is InChI=1S/C24H18Cl2N4O4/c25-14-1-5-16(6-2-14)27-22(31)12-10-19-20-13-18(30(33)34)9-11-21(20)29-23(19)24(32)28-17-7-3-15(26)4-8-17/h1-9,11,13,29H,10,12H2,(H,27,31)(H,28,32). The molecular formula is C24H18Cl2N4O4. The fourth-order valence-corrected chi connectivity index (χ4v) is 3.78. The van der Waals surface area contributed by atoms with Gasteiger partial charge in [-0.3, -0.25) is 19.7 Å². The summed E-state index contributed by atoms with van der Waals surface area (Å²) < 4.78 is 0. The van der Waals surface area contributed by atoms with E-state index in [9.17, 15) is 19.7 Å². The molecule has 4 rings (SSSR count). The van der Waals surface area contributed by atoms with Gasteiger partial charge in [0, 0.05) is 50.9 Å². The largest absolute Gasteiger partial charge is 0.350 e. The summed E-state index contributed by atoms with van der Waals surface area (Å²) in [5.74, 6) is -0.708. The van der Waals surface area contributed by atoms with E-state index in [4.69, 9.17) is 23.2 Å². The number of fused-ring (bicyclic) bond motifs is 1. The fourth-order valence-electron chi connectivity index (χ4n) is 3.52. The highest BCUT2D eigenvalue weighted by molar-refractivity contribution is 6.31. The molecule has 0 aliphatic heterocycles. The molecule has 0 aliphatic rings. The maximum Gasteiger partial charge on any atom is 0.272 e. The Hall–Kier alpha value is -3.88. The van der Waals surface area contributed by atoms with Crippen LogP contribution in [0.15, 0.2) is 66.7 Å². The Labute approximate surface area is 204 Å². The van der Waals surface area contributed by atoms with Gasteiger partial charge in [0.05, 0.1) is 4.92 Å². The second kappa shape index (κ2) is 9.94. The van der Waals surface area contributed by atoms with Crippen molar-refractivity contribution in [1.29, 1.82) is 0 Å². The number of H-pyrrole nitrogens is 1. The average Bonchev–Trinajstić information content (AvgIpc) is 3.18. The number of aryl methyl sites for hydroxylation is 1. The van der Waals surface area contributed by atoms with E-state index in [1.165, 1.54) is 12.1 Å². The SMILES string of the molecule is O=C(CCc1c(C(=O)Nc2ccc(Cl)cc2)[nH]c2ccc([N+](=O)[O-])cc12)Nc1ccc(Cl)cc1. The summed E-state index contributed by atoms with van der Waals surface area (Å²) in [6.45, 7) is 0. The summed E-state index contributed by atoms with van der Waals surface area (Å²) in [7, 11) is 0. The molecule has 0 radical (unpaired) electrons. The van der Waals surface area contributed by atoms with Gasteiger partial charge in [-0.05, 0) is 66.6 Å². The number of anilines is 2. The van der Waals surface area contributed by atoms with Crippen LogP contribution in [0.25, 0.3) is 10.9 Å². The summed E-state index contributed by atoms with van der Waals surface area (Å²) in [6.07, 6.45) is 0.240. The number of nitrogens with zero attached hydrogens (tertiary/aromatic N) is 1. The van der Waals surface area contributed by atoms with Crippen LogP contribution in [0.1, 0.15) is 22.5 Å². The van der Waals surface area contributed by atoms with Crippen molar-refractivity contribution in [1.82, 2.24) is 4.98 Å². The molecule has 172 valence electrons. The van der Waals surface area contributed by atoms with Gasteiger partial charge in [0.25, 0.3) is 11.6 Å². The predicted molar refractivity (Wildman–Crippen MR) is 133 cm³/mol. The molecule has 0 aliphatic carbocycles. The molecule has 0 saturated carbocycles. The van der Waals surface area contributed by atoms with Crippen LogP contribution in [0.2, 0.25) is 10.0 Å². The zero-order chi connectivity index (χ0) is 24.2. The van der Waals surface area contributed by atoms with Gasteiger partial charge in [-0.15, -0.1) is 0 Å². The number of non-ortho nitro benzene ring substituents is 1. The van der Waals surface area contributed by atoms with Gasteiger partial charge in [0.15, 0.2) is 0 Å². The number of halogens is 2. The van der Waals surface area contributed by atoms with Crippen molar-refractivity contribution in [3.8, 4) is 0 Å². The number of carbonyl (C=O) groups is 2. The molecule has 0 bridgehead atoms. The predicted octanol–water partition coefficient (Wildman–Crippen LogP) is 6.21. The highest BCUT2D eigenvalue weighted by atomic mass is 35.5. The third kappa shape index (κ3) is 5.36. The highest BCUT2D eigenvalue weighted by Gasteiger charge is 2.21. The number of hydrogen-bond acceptors (Lipinski definition) is 4. The zero-order valence-corrected chi connectivity index (χ0v) is 19.1. The minimum atomic E-state index is -0.503. The Morgan fingerprint density at radius 2 is 1.47 bits per heavy atom. The molecule has 10 heteroatoms. The topological polar surface area (TPSA) is 117 Å². The Balaban J connectivity index is 1.61. The van der Waals surface area contributed by atoms with E-state index < -0.39 is 10.8 Å². The van der Waals surface area contributed by atoms with Crippen molar-refractivity contribution in [3.63, 3.8) is 0 Å². The van der Waals surface area contributed by atoms with Gasteiger partial charge in [0.1, 0.15) is 5.69 Å². The Bertz CT molecular complexity index is 1380. The number of amides is 2. The number of benzene rings is 3. The normalized spacial score (nSPS) is 10.8. The van der Waals surface area contributed by atoms with Gasteiger partial charge in [0.2, 0.25) is 5.91 Å². The minimum Gasteiger partial charge on any atom is -0.350 e. The molecule has 0 unspecified atom stereocenters. The lowest BCUT2D eigenvalue weighted by atomic mass is 10.0. The van der Waals surface area contributed by atoms with Crippen molar-refractivity contribution in [2.24, 2.45) is 0 Å². The van der Waals surface area contributed by atoms with E-state index in [-0.39, 0.29) is 30.1 Å². The molecule has 3 N–H and O–H groups in total. The Kier molecular flexibility index (Phi) is 6.81. The van der Waals surface area contributed by atoms with Crippen LogP contribution >= 0.6 is 23.2 Å². The van der Waals surface area contributed by atoms with Crippen LogP contribution in [-0.2, 0) is 11.2 Å². The first-order chi connectivity index (χ1) is 16.3. The molecule has 8 nitrogen and oxygen atoms in total. The van der Waals surface area contributed by atoms with Crippen molar-refractivity contribution in [2.45, 2.75) is 12.8 Å². The lowest BCUT2D eigenvalue weighted by Gasteiger charge is -2.08. The van der Waals surface area contributed by atoms with Crippen LogP contribution in [0.5, 0.6) is 0 Å². The number of nitro groups is 1. The number of nitrogens with one attached hydrogen (secondary N) is 3. The van der Waals surface area contributed by atoms with Gasteiger partial charge in [-0.2, -0.15) is 0 Å². The number of carbonyl (C=O) groups excluding carboxylic acids is 2. The molecule has 0 spiro atoms. The van der Waals surface area contributed by atoms with Crippen LogP contribution in [0.4, 0.5) is 17.1 Å². The quantitative estimate of drug-likeness (QED) is 0.208. The summed E-state index contributed by atoms with van der Waals surface area (Å²) in [5.41, 5.74) is 2.30. The molecule has 2 amide bonds.